The van der Waals surface area contributed by atoms with Gasteiger partial charge in [-0.2, -0.15) is 0 Å². The molecule has 0 unspecified atom stereocenters. The zero-order chi connectivity index (χ0) is 14.1. The first-order valence-electron chi connectivity index (χ1n) is 7.41. The summed E-state index contributed by atoms with van der Waals surface area (Å²) in [6, 6.07) is 6.86. The molecule has 0 aromatic heterocycles. The molecule has 108 valence electrons. The van der Waals surface area contributed by atoms with E-state index in [9.17, 15) is 9.18 Å². The SMILES string of the molecule is C[C@@H]1CNC[C@H]1C(=O)N(Cc1ccc(F)cc1)C1CC1. The monoisotopic (exact) mass is 276 g/mol. The van der Waals surface area contributed by atoms with Crippen LogP contribution in [0.3, 0.4) is 0 Å². The minimum Gasteiger partial charge on any atom is -0.335 e. The molecule has 2 atom stereocenters. The average Bonchev–Trinajstić information content (AvgIpc) is 3.19. The van der Waals surface area contributed by atoms with Gasteiger partial charge in [0.25, 0.3) is 0 Å². The molecule has 1 N–H and O–H groups in total. The maximum atomic E-state index is 13.0. The third-order valence-electron chi connectivity index (χ3n) is 4.37. The van der Waals surface area contributed by atoms with Crippen LogP contribution in [0.15, 0.2) is 24.3 Å². The van der Waals surface area contributed by atoms with Crippen LogP contribution in [0.25, 0.3) is 0 Å². The van der Waals surface area contributed by atoms with Crippen LogP contribution in [-0.4, -0.2) is 29.9 Å². The van der Waals surface area contributed by atoms with Gasteiger partial charge in [0, 0.05) is 19.1 Å². The van der Waals surface area contributed by atoms with Crippen molar-refractivity contribution in [3.8, 4) is 0 Å². The van der Waals surface area contributed by atoms with Crippen molar-refractivity contribution in [1.82, 2.24) is 10.2 Å². The highest BCUT2D eigenvalue weighted by atomic mass is 19.1. The van der Waals surface area contributed by atoms with Gasteiger partial charge in [-0.3, -0.25) is 4.79 Å². The Kier molecular flexibility index (Phi) is 3.74. The lowest BCUT2D eigenvalue weighted by Crippen LogP contribution is -2.39. The molecule has 20 heavy (non-hydrogen) atoms. The Morgan fingerprint density at radius 1 is 1.30 bits per heavy atom. The van der Waals surface area contributed by atoms with Crippen molar-refractivity contribution in [2.45, 2.75) is 32.4 Å². The second-order valence-corrected chi connectivity index (χ2v) is 6.07. The van der Waals surface area contributed by atoms with Crippen molar-refractivity contribution in [3.63, 3.8) is 0 Å². The smallest absolute Gasteiger partial charge is 0.227 e. The van der Waals surface area contributed by atoms with Crippen LogP contribution in [0.5, 0.6) is 0 Å². The molecular weight excluding hydrogens is 255 g/mol. The van der Waals surface area contributed by atoms with Gasteiger partial charge < -0.3 is 10.2 Å². The van der Waals surface area contributed by atoms with Gasteiger partial charge in [-0.15, -0.1) is 0 Å². The Hall–Kier alpha value is -1.42. The lowest BCUT2D eigenvalue weighted by molar-refractivity contribution is -0.137. The van der Waals surface area contributed by atoms with E-state index in [1.165, 1.54) is 12.1 Å². The highest BCUT2D eigenvalue weighted by molar-refractivity contribution is 5.80. The number of benzene rings is 1. The molecule has 0 radical (unpaired) electrons. The van der Waals surface area contributed by atoms with Crippen LogP contribution in [0, 0.1) is 17.7 Å². The fourth-order valence-corrected chi connectivity index (χ4v) is 2.91. The highest BCUT2D eigenvalue weighted by Gasteiger charge is 2.39. The van der Waals surface area contributed by atoms with Gasteiger partial charge in [-0.25, -0.2) is 4.39 Å². The number of amides is 1. The number of rotatable bonds is 4. The number of nitrogens with one attached hydrogen (secondary N) is 1. The van der Waals surface area contributed by atoms with E-state index >= 15 is 0 Å². The summed E-state index contributed by atoms with van der Waals surface area (Å²) in [5.74, 6) is 0.522. The Bertz CT molecular complexity index is 484. The van der Waals surface area contributed by atoms with E-state index in [-0.39, 0.29) is 17.6 Å². The summed E-state index contributed by atoms with van der Waals surface area (Å²) in [6.07, 6.45) is 2.20. The largest absolute Gasteiger partial charge is 0.335 e. The lowest BCUT2D eigenvalue weighted by Gasteiger charge is -2.27. The van der Waals surface area contributed by atoms with E-state index in [0.717, 1.165) is 31.5 Å². The van der Waals surface area contributed by atoms with Crippen molar-refractivity contribution >= 4 is 5.91 Å². The fraction of sp³-hybridized carbons (Fsp3) is 0.562. The van der Waals surface area contributed by atoms with Crippen LogP contribution < -0.4 is 5.32 Å². The summed E-state index contributed by atoms with van der Waals surface area (Å²) in [5, 5.41) is 3.29. The molecule has 3 rings (SSSR count). The van der Waals surface area contributed by atoms with E-state index in [1.54, 1.807) is 12.1 Å². The second kappa shape index (κ2) is 5.52. The number of hydrogen-bond donors (Lipinski definition) is 1. The zero-order valence-corrected chi connectivity index (χ0v) is 11.8. The van der Waals surface area contributed by atoms with Crippen LogP contribution in [0.4, 0.5) is 4.39 Å². The number of carbonyl (C=O) groups is 1. The first kappa shape index (κ1) is 13.6. The standard InChI is InChI=1S/C16H21FN2O/c1-11-8-18-9-15(11)16(20)19(14-6-7-14)10-12-2-4-13(17)5-3-12/h2-5,11,14-15,18H,6-10H2,1H3/t11-,15-/m1/s1. The summed E-state index contributed by atoms with van der Waals surface area (Å²) >= 11 is 0. The summed E-state index contributed by atoms with van der Waals surface area (Å²) in [6.45, 7) is 4.44. The maximum Gasteiger partial charge on any atom is 0.227 e. The minimum atomic E-state index is -0.230. The van der Waals surface area contributed by atoms with Gasteiger partial charge in [-0.05, 0) is 43.0 Å². The van der Waals surface area contributed by atoms with Gasteiger partial charge >= 0.3 is 0 Å². The van der Waals surface area contributed by atoms with Gasteiger partial charge in [-0.1, -0.05) is 19.1 Å². The molecule has 1 heterocycles. The first-order valence-corrected chi connectivity index (χ1v) is 7.41. The number of nitrogens with zero attached hydrogens (tertiary/aromatic N) is 1. The van der Waals surface area contributed by atoms with Crippen LogP contribution >= 0.6 is 0 Å². The number of carbonyl (C=O) groups excluding carboxylic acids is 1. The van der Waals surface area contributed by atoms with Gasteiger partial charge in [0.2, 0.25) is 5.91 Å². The molecule has 2 aliphatic rings. The summed E-state index contributed by atoms with van der Waals surface area (Å²) in [7, 11) is 0. The van der Waals surface area contributed by atoms with Gasteiger partial charge in [0.05, 0.1) is 5.92 Å². The van der Waals surface area contributed by atoms with Crippen LogP contribution in [-0.2, 0) is 11.3 Å². The van der Waals surface area contributed by atoms with Crippen molar-refractivity contribution in [2.24, 2.45) is 11.8 Å². The van der Waals surface area contributed by atoms with Gasteiger partial charge in [0.15, 0.2) is 0 Å². The Morgan fingerprint density at radius 3 is 2.55 bits per heavy atom. The van der Waals surface area contributed by atoms with Crippen LogP contribution in [0.2, 0.25) is 0 Å². The predicted octanol–water partition coefficient (Wildman–Crippen LogP) is 2.17. The van der Waals surface area contributed by atoms with Gasteiger partial charge in [0.1, 0.15) is 5.82 Å². The Balaban J connectivity index is 1.72. The topological polar surface area (TPSA) is 32.3 Å². The number of halogens is 1. The van der Waals surface area contributed by atoms with E-state index in [1.807, 2.05) is 4.90 Å². The maximum absolute atomic E-state index is 13.0. The second-order valence-electron chi connectivity index (χ2n) is 6.07. The number of hydrogen-bond acceptors (Lipinski definition) is 2. The van der Waals surface area contributed by atoms with E-state index in [4.69, 9.17) is 0 Å². The molecule has 1 aliphatic heterocycles. The van der Waals surface area contributed by atoms with E-state index in [2.05, 4.69) is 12.2 Å². The van der Waals surface area contributed by atoms with E-state index in [0.29, 0.717) is 18.5 Å². The fourth-order valence-electron chi connectivity index (χ4n) is 2.91. The third-order valence-corrected chi connectivity index (χ3v) is 4.37. The molecule has 4 heteroatoms. The van der Waals surface area contributed by atoms with Crippen molar-refractivity contribution in [2.75, 3.05) is 13.1 Å². The van der Waals surface area contributed by atoms with Crippen molar-refractivity contribution in [3.05, 3.63) is 35.6 Å². The molecule has 0 bridgehead atoms. The molecule has 1 aliphatic carbocycles. The normalized spacial score (nSPS) is 25.7. The lowest BCUT2D eigenvalue weighted by atomic mass is 9.96. The summed E-state index contributed by atoms with van der Waals surface area (Å²) in [5.41, 5.74) is 1.00. The quantitative estimate of drug-likeness (QED) is 0.914. The Labute approximate surface area is 119 Å². The van der Waals surface area contributed by atoms with Crippen molar-refractivity contribution in [1.29, 1.82) is 0 Å². The molecule has 1 amide bonds. The molecular formula is C16H21FN2O. The molecule has 1 saturated carbocycles. The Morgan fingerprint density at radius 2 is 2.00 bits per heavy atom. The molecule has 3 nitrogen and oxygen atoms in total. The highest BCUT2D eigenvalue weighted by Crippen LogP contribution is 2.31. The molecule has 1 saturated heterocycles. The van der Waals surface area contributed by atoms with Crippen molar-refractivity contribution < 1.29 is 9.18 Å². The average molecular weight is 276 g/mol. The minimum absolute atomic E-state index is 0.0936. The third kappa shape index (κ3) is 2.85. The first-order chi connectivity index (χ1) is 9.65. The molecule has 1 aromatic carbocycles. The predicted molar refractivity (Wildman–Crippen MR) is 75.5 cm³/mol. The van der Waals surface area contributed by atoms with E-state index < -0.39 is 0 Å². The van der Waals surface area contributed by atoms with Crippen LogP contribution in [0.1, 0.15) is 25.3 Å². The molecule has 0 spiro atoms. The zero-order valence-electron chi connectivity index (χ0n) is 11.8. The molecule has 1 aromatic rings. The molecule has 2 fully saturated rings. The summed E-state index contributed by atoms with van der Waals surface area (Å²) < 4.78 is 13.0. The summed E-state index contributed by atoms with van der Waals surface area (Å²) in [4.78, 5) is 14.7.